The lowest BCUT2D eigenvalue weighted by Crippen LogP contribution is -2.56. The smallest absolute Gasteiger partial charge is 0.269 e. The minimum Gasteiger partial charge on any atom is -0.454 e. The van der Waals surface area contributed by atoms with Crippen LogP contribution in [0.15, 0.2) is 18.2 Å². The van der Waals surface area contributed by atoms with Crippen LogP contribution < -0.4 is 65.0 Å². The monoisotopic (exact) mass is 1080 g/mol. The van der Waals surface area contributed by atoms with Crippen LogP contribution in [0.2, 0.25) is 0 Å². The fourth-order valence-electron chi connectivity index (χ4n) is 5.73. The molecule has 0 spiro atoms. The van der Waals surface area contributed by atoms with Crippen LogP contribution in [-0.2, 0) is 28.7 Å². The van der Waals surface area contributed by atoms with Crippen LogP contribution in [0.5, 0.6) is 11.5 Å². The molecule has 0 radical (unpaired) electrons. The minimum absolute atomic E-state index is 0.109. The Kier molecular flexibility index (Phi) is 33.8. The number of hydrogen-bond acceptors (Lipinski definition) is 21. The Morgan fingerprint density at radius 1 is 0.592 bits per heavy atom. The number of amides is 6. The van der Waals surface area contributed by atoms with Crippen LogP contribution in [0.4, 0.5) is 0 Å². The normalized spacial score (nSPS) is 17.2. The molecule has 6 amide bonds. The van der Waals surface area contributed by atoms with Gasteiger partial charge in [-0.15, -0.1) is 0 Å². The summed E-state index contributed by atoms with van der Waals surface area (Å²) >= 11 is 6.75. The second-order valence-electron chi connectivity index (χ2n) is 17.0. The number of aliphatic hydroxyl groups is 4. The van der Waals surface area contributed by atoms with Crippen molar-refractivity contribution in [1.82, 2.24) is 32.6 Å². The van der Waals surface area contributed by atoms with Crippen LogP contribution >= 0.6 is 47.0 Å². The molecule has 2 aliphatic heterocycles. The molecule has 23 nitrogen and oxygen atoms in total. The quantitative estimate of drug-likeness (QED) is 0.0395. The Hall–Kier alpha value is -3.32. The minimum atomic E-state index is -1.45. The summed E-state index contributed by atoms with van der Waals surface area (Å²) in [6, 6.07) is 1.83. The van der Waals surface area contributed by atoms with E-state index in [1.165, 1.54) is 6.07 Å². The van der Waals surface area contributed by atoms with Gasteiger partial charge in [0.2, 0.25) is 6.79 Å². The van der Waals surface area contributed by atoms with Crippen molar-refractivity contribution in [3.8, 4) is 11.5 Å². The number of thioether (sulfide) groups is 4. The first-order valence-electron chi connectivity index (χ1n) is 23.5. The Labute approximate surface area is 434 Å². The van der Waals surface area contributed by atoms with E-state index in [-0.39, 0.29) is 12.4 Å². The van der Waals surface area contributed by atoms with E-state index < -0.39 is 90.1 Å². The summed E-state index contributed by atoms with van der Waals surface area (Å²) in [6.07, 6.45) is -2.74. The molecular weight excluding hydrogens is 1000 g/mol. The van der Waals surface area contributed by atoms with Crippen molar-refractivity contribution < 1.29 is 63.4 Å². The van der Waals surface area contributed by atoms with E-state index in [1.54, 1.807) is 59.2 Å². The molecule has 71 heavy (non-hydrogen) atoms. The predicted octanol–water partition coefficient (Wildman–Crippen LogP) is -0.886. The SMILES string of the molecule is CC(C)SCCC(N)C(O)C(=O)NNC(=O)C1CCCO1.CC(C)SCC[C@@H](N)C(O)C(=O)NNC(=O)C(O)[C@@H](N)CCSC(C)C.CCSCC[C@@H](N)C(O)C(=O)NNC(=O)c1ccc2c(c1)OCO2. The summed E-state index contributed by atoms with van der Waals surface area (Å²) in [4.78, 5) is 70.9. The van der Waals surface area contributed by atoms with E-state index in [4.69, 9.17) is 37.1 Å². The van der Waals surface area contributed by atoms with Crippen LogP contribution in [0.1, 0.15) is 97.3 Å². The molecule has 0 saturated carbocycles. The lowest BCUT2D eigenvalue weighted by Gasteiger charge is -2.21. The Morgan fingerprint density at radius 2 is 0.986 bits per heavy atom. The molecule has 2 heterocycles. The number of fused-ring (bicyclic) bond motifs is 1. The molecule has 18 N–H and O–H groups in total. The number of carbonyl (C=O) groups excluding carboxylic acids is 6. The zero-order chi connectivity index (χ0) is 53.6. The molecule has 0 bridgehead atoms. The average molecular weight is 1090 g/mol. The highest BCUT2D eigenvalue weighted by Crippen LogP contribution is 2.32. The number of hydrogen-bond donors (Lipinski definition) is 14. The summed E-state index contributed by atoms with van der Waals surface area (Å²) in [5.41, 5.74) is 36.4. The maximum absolute atomic E-state index is 12.0. The van der Waals surface area contributed by atoms with Crippen molar-refractivity contribution in [2.45, 2.75) is 157 Å². The van der Waals surface area contributed by atoms with Gasteiger partial charge in [-0.05, 0) is 101 Å². The van der Waals surface area contributed by atoms with E-state index >= 15 is 0 Å². The number of ether oxygens (including phenoxy) is 3. The predicted molar refractivity (Wildman–Crippen MR) is 280 cm³/mol. The Morgan fingerprint density at radius 3 is 1.38 bits per heavy atom. The van der Waals surface area contributed by atoms with Crippen LogP contribution in [-0.4, -0.2) is 168 Å². The fourth-order valence-corrected chi connectivity index (χ4v) is 9.09. The number of nitrogens with two attached hydrogens (primary N) is 4. The zero-order valence-electron chi connectivity index (χ0n) is 41.8. The molecule has 3 rings (SSSR count). The van der Waals surface area contributed by atoms with Gasteiger partial charge < -0.3 is 57.6 Å². The zero-order valence-corrected chi connectivity index (χ0v) is 45.0. The highest BCUT2D eigenvalue weighted by Gasteiger charge is 2.29. The number of rotatable bonds is 26. The van der Waals surface area contributed by atoms with E-state index in [0.29, 0.717) is 66.0 Å². The number of hydrazine groups is 3. The van der Waals surface area contributed by atoms with Gasteiger partial charge >= 0.3 is 0 Å². The number of nitrogens with one attached hydrogen (secondary N) is 6. The second-order valence-corrected chi connectivity index (χ2v) is 23.5. The molecule has 0 aromatic heterocycles. The van der Waals surface area contributed by atoms with Crippen molar-refractivity contribution in [1.29, 1.82) is 0 Å². The molecule has 1 aromatic rings. The van der Waals surface area contributed by atoms with Gasteiger partial charge in [0.05, 0.1) is 0 Å². The van der Waals surface area contributed by atoms with Gasteiger partial charge in [-0.1, -0.05) is 48.5 Å². The highest BCUT2D eigenvalue weighted by atomic mass is 32.2. The van der Waals surface area contributed by atoms with Crippen molar-refractivity contribution in [2.24, 2.45) is 22.9 Å². The first-order valence-corrected chi connectivity index (χ1v) is 27.8. The van der Waals surface area contributed by atoms with E-state index in [0.717, 1.165) is 35.2 Å². The van der Waals surface area contributed by atoms with Gasteiger partial charge in [0.15, 0.2) is 11.5 Å². The van der Waals surface area contributed by atoms with Crippen LogP contribution in [0.3, 0.4) is 0 Å². The molecular formula is C44H80N10O13S4. The Balaban J connectivity index is 0.000000535. The summed E-state index contributed by atoms with van der Waals surface area (Å²) in [7, 11) is 0. The van der Waals surface area contributed by atoms with Gasteiger partial charge in [0, 0.05) is 36.3 Å². The van der Waals surface area contributed by atoms with E-state index in [9.17, 15) is 49.2 Å². The maximum Gasteiger partial charge on any atom is 0.269 e. The molecule has 1 fully saturated rings. The van der Waals surface area contributed by atoms with Crippen molar-refractivity contribution >= 4 is 82.5 Å². The van der Waals surface area contributed by atoms with Gasteiger partial charge in [-0.2, -0.15) is 47.0 Å². The summed E-state index contributed by atoms with van der Waals surface area (Å²) in [5.74, 6) is 0.883. The standard InChI is InChI=1S/C16H34N4O4S2.C15H21N3O5S.C13H25N3O4S/c1-9(2)25-7-5-11(17)13(21)15(23)19-20-16(24)14(22)12(18)6-8-26-10(3)4;1-2-24-6-5-10(16)13(19)15(21)18-17-14(20)9-3-4-11-12(7-9)23-8-22-11;1-8(2)21-7-5-9(14)11(17)13(19)16-15-12(18)10-4-3-6-20-10/h9-14,21-22H,5-8,17-18H2,1-4H3,(H,19,23)(H,20,24);3-4,7,10,13,19H,2,5-6,8,16H2,1H3,(H,17,20)(H,18,21);8-11,17H,3-7,14H2,1-2H3,(H,15,18)(H,16,19)/t11-,12+,13?,14?;10-,13?;/m.1./s1. The molecule has 1 saturated heterocycles. The molecule has 9 atom stereocenters. The number of benzene rings is 1. The van der Waals surface area contributed by atoms with Crippen molar-refractivity contribution in [3.05, 3.63) is 23.8 Å². The average Bonchev–Trinajstić information content (AvgIpc) is 4.06. The summed E-state index contributed by atoms with van der Waals surface area (Å²) < 4.78 is 15.5. The highest BCUT2D eigenvalue weighted by molar-refractivity contribution is 8.00. The maximum atomic E-state index is 12.0. The third-order valence-corrected chi connectivity index (χ3v) is 14.3. The molecule has 1 aromatic carbocycles. The van der Waals surface area contributed by atoms with Gasteiger partial charge in [0.25, 0.3) is 35.4 Å². The third kappa shape index (κ3) is 27.5. The molecule has 27 heteroatoms. The number of carbonyl (C=O) groups is 6. The molecule has 6 unspecified atom stereocenters. The van der Waals surface area contributed by atoms with Crippen LogP contribution in [0, 0.1) is 0 Å². The molecule has 408 valence electrons. The fraction of sp³-hybridized carbons (Fsp3) is 0.727. The Bertz CT molecular complexity index is 1720. The molecule has 0 aliphatic carbocycles. The van der Waals surface area contributed by atoms with Crippen molar-refractivity contribution in [3.63, 3.8) is 0 Å². The van der Waals surface area contributed by atoms with E-state index in [2.05, 4.69) is 46.4 Å². The van der Waals surface area contributed by atoms with Gasteiger partial charge in [-0.25, -0.2) is 0 Å². The summed E-state index contributed by atoms with van der Waals surface area (Å²) in [6.45, 7) is 15.0. The first kappa shape index (κ1) is 65.7. The van der Waals surface area contributed by atoms with Crippen LogP contribution in [0.25, 0.3) is 0 Å². The summed E-state index contributed by atoms with van der Waals surface area (Å²) in [5, 5.41) is 40.8. The number of aliphatic hydroxyl groups excluding tert-OH is 4. The lowest BCUT2D eigenvalue weighted by atomic mass is 10.1. The lowest BCUT2D eigenvalue weighted by molar-refractivity contribution is -0.138. The third-order valence-electron chi connectivity index (χ3n) is 9.98. The van der Waals surface area contributed by atoms with Gasteiger partial charge in [0.1, 0.15) is 30.5 Å². The van der Waals surface area contributed by atoms with E-state index in [1.807, 2.05) is 34.6 Å². The largest absolute Gasteiger partial charge is 0.454 e. The molecule has 2 aliphatic rings. The second kappa shape index (κ2) is 36.6. The first-order chi connectivity index (χ1) is 33.5. The van der Waals surface area contributed by atoms with Crippen molar-refractivity contribution in [2.75, 3.05) is 42.2 Å². The van der Waals surface area contributed by atoms with Gasteiger partial charge in [-0.3, -0.25) is 61.3 Å². The topological polar surface area (TPSA) is 387 Å².